The largest absolute Gasteiger partial charge is 0.287 e. The Morgan fingerprint density at radius 2 is 1.67 bits per heavy atom. The van der Waals surface area contributed by atoms with Crippen molar-refractivity contribution in [1.29, 1.82) is 0 Å². The maximum absolute atomic E-state index is 13.3. The van der Waals surface area contributed by atoms with Gasteiger partial charge in [-0.05, 0) is 42.8 Å². The van der Waals surface area contributed by atoms with E-state index >= 15 is 0 Å². The Morgan fingerprint density at radius 1 is 0.963 bits per heavy atom. The Hall–Kier alpha value is -3.25. The minimum Gasteiger partial charge on any atom is -0.287 e. The first kappa shape index (κ1) is 17.2. The number of hydrogen-bond donors (Lipinski definition) is 0. The Labute approximate surface area is 157 Å². The monoisotopic (exact) mass is 376 g/mol. The molecule has 0 aliphatic rings. The summed E-state index contributed by atoms with van der Waals surface area (Å²) in [5.74, 6) is -0.356. The number of hydrogen-bond acceptors (Lipinski definition) is 4. The Bertz CT molecular complexity index is 1260. The lowest BCUT2D eigenvalue weighted by molar-refractivity contribution is 0.103. The molecular formula is C21H16N2O3S. The van der Waals surface area contributed by atoms with Crippen molar-refractivity contribution in [1.82, 2.24) is 8.96 Å². The predicted molar refractivity (Wildman–Crippen MR) is 103 cm³/mol. The molecule has 2 aromatic carbocycles. The molecule has 5 nitrogen and oxygen atoms in total. The topological polar surface area (TPSA) is 69.0 Å². The molecule has 27 heavy (non-hydrogen) atoms. The first-order valence-corrected chi connectivity index (χ1v) is 9.80. The van der Waals surface area contributed by atoms with Gasteiger partial charge >= 0.3 is 0 Å². The number of para-hydroxylation sites is 1. The summed E-state index contributed by atoms with van der Waals surface area (Å²) in [4.78, 5) is 17.4. The fourth-order valence-corrected chi connectivity index (χ4v) is 4.64. The van der Waals surface area contributed by atoms with Gasteiger partial charge in [0.2, 0.25) is 5.78 Å². The van der Waals surface area contributed by atoms with Crippen LogP contribution in [0, 0.1) is 6.92 Å². The molecule has 134 valence electrons. The van der Waals surface area contributed by atoms with Crippen LogP contribution in [0.25, 0.3) is 10.9 Å². The van der Waals surface area contributed by atoms with E-state index in [0.717, 1.165) is 3.97 Å². The molecule has 0 amide bonds. The molecule has 0 bridgehead atoms. The van der Waals surface area contributed by atoms with Crippen molar-refractivity contribution in [3.05, 3.63) is 95.9 Å². The molecule has 0 saturated carbocycles. The van der Waals surface area contributed by atoms with Crippen LogP contribution >= 0.6 is 0 Å². The lowest BCUT2D eigenvalue weighted by atomic mass is 10.1. The number of benzene rings is 2. The van der Waals surface area contributed by atoms with Gasteiger partial charge in [-0.15, -0.1) is 0 Å². The highest BCUT2D eigenvalue weighted by atomic mass is 32.2. The summed E-state index contributed by atoms with van der Waals surface area (Å²) in [6, 6.07) is 18.4. The molecule has 0 radical (unpaired) electrons. The highest BCUT2D eigenvalue weighted by molar-refractivity contribution is 7.90. The van der Waals surface area contributed by atoms with E-state index in [1.807, 2.05) is 6.07 Å². The van der Waals surface area contributed by atoms with Gasteiger partial charge < -0.3 is 0 Å². The van der Waals surface area contributed by atoms with E-state index in [0.29, 0.717) is 22.0 Å². The van der Waals surface area contributed by atoms with Crippen LogP contribution in [0.4, 0.5) is 0 Å². The fraction of sp³-hybridized carbons (Fsp3) is 0.0476. The van der Waals surface area contributed by atoms with E-state index < -0.39 is 10.0 Å². The lowest BCUT2D eigenvalue weighted by Gasteiger charge is -2.12. The summed E-state index contributed by atoms with van der Waals surface area (Å²) >= 11 is 0. The maximum Gasteiger partial charge on any atom is 0.268 e. The Morgan fingerprint density at radius 3 is 2.41 bits per heavy atom. The van der Waals surface area contributed by atoms with Gasteiger partial charge in [0.05, 0.1) is 10.4 Å². The maximum atomic E-state index is 13.3. The van der Waals surface area contributed by atoms with Gasteiger partial charge in [0.15, 0.2) is 0 Å². The minimum atomic E-state index is -3.94. The zero-order valence-corrected chi connectivity index (χ0v) is 15.3. The first-order valence-electron chi connectivity index (χ1n) is 8.36. The van der Waals surface area contributed by atoms with Crippen LogP contribution in [0.5, 0.6) is 0 Å². The number of nitrogens with zero attached hydrogens (tertiary/aromatic N) is 2. The van der Waals surface area contributed by atoms with Crippen LogP contribution < -0.4 is 0 Å². The highest BCUT2D eigenvalue weighted by Crippen LogP contribution is 2.27. The van der Waals surface area contributed by atoms with E-state index in [2.05, 4.69) is 4.98 Å². The number of aryl methyl sites for hydroxylation is 1. The summed E-state index contributed by atoms with van der Waals surface area (Å²) < 4.78 is 27.8. The second kappa shape index (κ2) is 6.48. The standard InChI is InChI=1S/C21H16N2O3S/c1-15-14-22-12-11-18(15)21(24)20-13-16-7-5-6-10-19(16)23(20)27(25,26)17-8-3-2-4-9-17/h2-14H,1H3. The number of carbonyl (C=O) groups excluding carboxylic acids is 1. The van der Waals surface area contributed by atoms with Crippen molar-refractivity contribution in [2.75, 3.05) is 0 Å². The molecule has 4 aromatic rings. The normalized spacial score (nSPS) is 11.6. The van der Waals surface area contributed by atoms with Crippen molar-refractivity contribution in [2.45, 2.75) is 11.8 Å². The van der Waals surface area contributed by atoms with Gasteiger partial charge in [-0.25, -0.2) is 12.4 Å². The van der Waals surface area contributed by atoms with E-state index in [4.69, 9.17) is 0 Å². The third-order valence-electron chi connectivity index (χ3n) is 4.45. The SMILES string of the molecule is Cc1cnccc1C(=O)c1cc2ccccc2n1S(=O)(=O)c1ccccc1. The molecule has 6 heteroatoms. The fourth-order valence-electron chi connectivity index (χ4n) is 3.11. The molecule has 2 aromatic heterocycles. The number of ketones is 1. The number of carbonyl (C=O) groups is 1. The zero-order valence-electron chi connectivity index (χ0n) is 14.5. The summed E-state index contributed by atoms with van der Waals surface area (Å²) in [5, 5.41) is 0.687. The second-order valence-corrected chi connectivity index (χ2v) is 7.98. The van der Waals surface area contributed by atoms with Crippen LogP contribution in [0.2, 0.25) is 0 Å². The van der Waals surface area contributed by atoms with Crippen LogP contribution in [-0.4, -0.2) is 23.2 Å². The molecule has 0 fully saturated rings. The van der Waals surface area contributed by atoms with E-state index in [1.165, 1.54) is 18.3 Å². The van der Waals surface area contributed by atoms with Crippen LogP contribution in [0.1, 0.15) is 21.6 Å². The first-order chi connectivity index (χ1) is 13.0. The predicted octanol–water partition coefficient (Wildman–Crippen LogP) is 3.81. The number of pyridine rings is 1. The molecule has 0 spiro atoms. The van der Waals surface area contributed by atoms with E-state index in [9.17, 15) is 13.2 Å². The van der Waals surface area contributed by atoms with Gasteiger partial charge in [-0.2, -0.15) is 0 Å². The molecule has 2 heterocycles. The highest BCUT2D eigenvalue weighted by Gasteiger charge is 2.27. The molecule has 0 aliphatic carbocycles. The summed E-state index contributed by atoms with van der Waals surface area (Å²) in [7, 11) is -3.94. The van der Waals surface area contributed by atoms with Crippen LogP contribution in [0.3, 0.4) is 0 Å². The third-order valence-corrected chi connectivity index (χ3v) is 6.19. The average Bonchev–Trinajstić information content (AvgIpc) is 3.09. The molecule has 4 rings (SSSR count). The molecule has 0 aliphatic heterocycles. The molecule has 0 N–H and O–H groups in total. The number of fused-ring (bicyclic) bond motifs is 1. The van der Waals surface area contributed by atoms with Crippen molar-refractivity contribution in [3.8, 4) is 0 Å². The Balaban J connectivity index is 2.02. The van der Waals surface area contributed by atoms with Crippen LogP contribution in [-0.2, 0) is 10.0 Å². The van der Waals surface area contributed by atoms with Gasteiger partial charge in [-0.1, -0.05) is 36.4 Å². The lowest BCUT2D eigenvalue weighted by Crippen LogP contribution is -2.19. The quantitative estimate of drug-likeness (QED) is 0.508. The van der Waals surface area contributed by atoms with Gasteiger partial charge in [-0.3, -0.25) is 9.78 Å². The summed E-state index contributed by atoms with van der Waals surface area (Å²) in [6.07, 6.45) is 3.12. The van der Waals surface area contributed by atoms with E-state index in [-0.39, 0.29) is 16.4 Å². The summed E-state index contributed by atoms with van der Waals surface area (Å²) in [6.45, 7) is 1.78. The molecular weight excluding hydrogens is 360 g/mol. The zero-order chi connectivity index (χ0) is 19.0. The van der Waals surface area contributed by atoms with Crippen LogP contribution in [0.15, 0.2) is 84.0 Å². The smallest absolute Gasteiger partial charge is 0.268 e. The van der Waals surface area contributed by atoms with Crippen molar-refractivity contribution in [3.63, 3.8) is 0 Å². The second-order valence-electron chi connectivity index (χ2n) is 6.19. The molecule has 0 atom stereocenters. The van der Waals surface area contributed by atoms with Gasteiger partial charge in [0.25, 0.3) is 10.0 Å². The minimum absolute atomic E-state index is 0.106. The average molecular weight is 376 g/mol. The van der Waals surface area contributed by atoms with E-state index in [1.54, 1.807) is 61.7 Å². The molecule has 0 unspecified atom stereocenters. The van der Waals surface area contributed by atoms with Gasteiger partial charge in [0, 0.05) is 23.3 Å². The number of aromatic nitrogens is 2. The van der Waals surface area contributed by atoms with Crippen molar-refractivity contribution in [2.24, 2.45) is 0 Å². The number of rotatable bonds is 4. The Kier molecular flexibility index (Phi) is 4.12. The van der Waals surface area contributed by atoms with Gasteiger partial charge in [0.1, 0.15) is 5.69 Å². The van der Waals surface area contributed by atoms with Crippen molar-refractivity contribution >= 4 is 26.7 Å². The molecule has 0 saturated heterocycles. The van der Waals surface area contributed by atoms with Crippen molar-refractivity contribution < 1.29 is 13.2 Å². The third kappa shape index (κ3) is 2.84. The summed E-state index contributed by atoms with van der Waals surface area (Å²) in [5.41, 5.74) is 1.69.